The van der Waals surface area contributed by atoms with E-state index in [0.717, 1.165) is 24.2 Å². The third-order valence-corrected chi connectivity index (χ3v) is 6.30. The minimum atomic E-state index is -0.127. The van der Waals surface area contributed by atoms with Crippen molar-refractivity contribution in [1.82, 2.24) is 10.2 Å². The maximum Gasteiger partial charge on any atom is 0.258 e. The summed E-state index contributed by atoms with van der Waals surface area (Å²) >= 11 is 0. The largest absolute Gasteiger partial charge is 0.491 e. The molecule has 180 valence electrons. The van der Waals surface area contributed by atoms with Crippen LogP contribution in [0, 0.1) is 5.92 Å². The zero-order valence-corrected chi connectivity index (χ0v) is 19.6. The molecule has 0 bridgehead atoms. The fourth-order valence-corrected chi connectivity index (χ4v) is 4.45. The topological polar surface area (TPSA) is 77.1 Å². The van der Waals surface area contributed by atoms with E-state index in [1.807, 2.05) is 41.3 Å². The number of rotatable bonds is 5. The van der Waals surface area contributed by atoms with Crippen LogP contribution in [0.5, 0.6) is 11.5 Å². The second-order valence-corrected chi connectivity index (χ2v) is 8.65. The molecular formula is C27H32N2O5. The van der Waals surface area contributed by atoms with E-state index in [-0.39, 0.29) is 30.4 Å². The molecule has 1 N–H and O–H groups in total. The van der Waals surface area contributed by atoms with Gasteiger partial charge in [0.05, 0.1) is 6.61 Å². The number of piperidine rings is 1. The standard InChI is InChI=1S/C27H32N2O5/c1-32-16-17-33-23-12-10-21(11-13-23)27(31)29-15-14-24-22(18-29)8-3-2-6-20-7-4-5-9-25(20)34-19-26(30)28-24/h2-5,7,9-13,22,24H,6,8,14-19H2,1H3,(H,28,30)/b3-2+/t22-,24+/m0/s1. The third kappa shape index (κ3) is 6.17. The van der Waals surface area contributed by atoms with Crippen LogP contribution >= 0.6 is 0 Å². The minimum absolute atomic E-state index is 0.000532. The summed E-state index contributed by atoms with van der Waals surface area (Å²) in [5.74, 6) is 1.47. The quantitative estimate of drug-likeness (QED) is 0.543. The van der Waals surface area contributed by atoms with Crippen molar-refractivity contribution in [2.45, 2.75) is 25.3 Å². The van der Waals surface area contributed by atoms with Crippen LogP contribution < -0.4 is 14.8 Å². The maximum absolute atomic E-state index is 13.2. The van der Waals surface area contributed by atoms with Gasteiger partial charge in [0.25, 0.3) is 11.8 Å². The fraction of sp³-hybridized carbons (Fsp3) is 0.407. The summed E-state index contributed by atoms with van der Waals surface area (Å²) in [4.78, 5) is 27.6. The van der Waals surface area contributed by atoms with Crippen molar-refractivity contribution in [2.75, 3.05) is 40.0 Å². The second kappa shape index (κ2) is 11.7. The van der Waals surface area contributed by atoms with E-state index >= 15 is 0 Å². The van der Waals surface area contributed by atoms with Gasteiger partial charge in [-0.2, -0.15) is 0 Å². The molecule has 2 heterocycles. The number of amides is 2. The number of hydrogen-bond donors (Lipinski definition) is 1. The van der Waals surface area contributed by atoms with Gasteiger partial charge in [0.2, 0.25) is 0 Å². The van der Waals surface area contributed by atoms with Crippen LogP contribution in [0.4, 0.5) is 0 Å². The fourth-order valence-electron chi connectivity index (χ4n) is 4.45. The van der Waals surface area contributed by atoms with Crippen LogP contribution in [0.15, 0.2) is 60.7 Å². The zero-order valence-electron chi connectivity index (χ0n) is 19.6. The molecule has 2 aliphatic rings. The molecule has 0 aliphatic carbocycles. The Morgan fingerprint density at radius 1 is 1.12 bits per heavy atom. The molecule has 4 rings (SSSR count). The first-order chi connectivity index (χ1) is 16.6. The number of nitrogens with one attached hydrogen (secondary N) is 1. The average Bonchev–Trinajstić information content (AvgIpc) is 2.86. The van der Waals surface area contributed by atoms with Crippen LogP contribution in [0.3, 0.4) is 0 Å². The van der Waals surface area contributed by atoms with E-state index in [4.69, 9.17) is 14.2 Å². The summed E-state index contributed by atoms with van der Waals surface area (Å²) in [5.41, 5.74) is 1.69. The summed E-state index contributed by atoms with van der Waals surface area (Å²) in [6.07, 6.45) is 6.56. The summed E-state index contributed by atoms with van der Waals surface area (Å²) < 4.78 is 16.4. The van der Waals surface area contributed by atoms with Crippen molar-refractivity contribution < 1.29 is 23.8 Å². The molecule has 2 amide bonds. The lowest BCUT2D eigenvalue weighted by Crippen LogP contribution is -2.53. The molecule has 1 saturated heterocycles. The first-order valence-corrected chi connectivity index (χ1v) is 11.8. The molecule has 0 radical (unpaired) electrons. The summed E-state index contributed by atoms with van der Waals surface area (Å²) in [7, 11) is 1.63. The molecular weight excluding hydrogens is 432 g/mol. The molecule has 2 aliphatic heterocycles. The smallest absolute Gasteiger partial charge is 0.258 e. The van der Waals surface area contributed by atoms with E-state index in [9.17, 15) is 9.59 Å². The number of allylic oxidation sites excluding steroid dienone is 2. The molecule has 0 aromatic heterocycles. The molecule has 1 fully saturated rings. The van der Waals surface area contributed by atoms with Crippen LogP contribution in [0.2, 0.25) is 0 Å². The molecule has 34 heavy (non-hydrogen) atoms. The first-order valence-electron chi connectivity index (χ1n) is 11.8. The van der Waals surface area contributed by atoms with E-state index in [0.29, 0.717) is 44.0 Å². The predicted octanol–water partition coefficient (Wildman–Crippen LogP) is 3.24. The van der Waals surface area contributed by atoms with Crippen LogP contribution in [0.25, 0.3) is 0 Å². The summed E-state index contributed by atoms with van der Waals surface area (Å²) in [5, 5.41) is 3.14. The monoisotopic (exact) mass is 464 g/mol. The second-order valence-electron chi connectivity index (χ2n) is 8.65. The molecule has 2 aromatic rings. The third-order valence-electron chi connectivity index (χ3n) is 6.30. The number of fused-ring (bicyclic) bond motifs is 2. The highest BCUT2D eigenvalue weighted by molar-refractivity contribution is 5.94. The minimum Gasteiger partial charge on any atom is -0.491 e. The normalized spacial score (nSPS) is 21.6. The molecule has 2 atom stereocenters. The van der Waals surface area contributed by atoms with Crippen molar-refractivity contribution in [1.29, 1.82) is 0 Å². The van der Waals surface area contributed by atoms with Crippen LogP contribution in [-0.4, -0.2) is 62.8 Å². The number of methoxy groups -OCH3 is 1. The Hall–Kier alpha value is -3.32. The molecule has 7 heteroatoms. The highest BCUT2D eigenvalue weighted by Crippen LogP contribution is 2.25. The lowest BCUT2D eigenvalue weighted by Gasteiger charge is -2.39. The van der Waals surface area contributed by atoms with E-state index in [2.05, 4.69) is 17.5 Å². The molecule has 2 aromatic carbocycles. The number of carbonyl (C=O) groups excluding carboxylic acids is 2. The lowest BCUT2D eigenvalue weighted by atomic mass is 9.88. The van der Waals surface area contributed by atoms with Gasteiger partial charge < -0.3 is 24.4 Å². The van der Waals surface area contributed by atoms with Crippen LogP contribution in [-0.2, 0) is 16.0 Å². The zero-order chi connectivity index (χ0) is 23.8. The van der Waals surface area contributed by atoms with E-state index < -0.39 is 0 Å². The van der Waals surface area contributed by atoms with Crippen molar-refractivity contribution in [3.8, 4) is 11.5 Å². The van der Waals surface area contributed by atoms with Gasteiger partial charge in [0, 0.05) is 37.7 Å². The predicted molar refractivity (Wildman–Crippen MR) is 129 cm³/mol. The molecule has 7 nitrogen and oxygen atoms in total. The number of hydrogen-bond acceptors (Lipinski definition) is 5. The highest BCUT2D eigenvalue weighted by atomic mass is 16.5. The summed E-state index contributed by atoms with van der Waals surface area (Å²) in [6.45, 7) is 2.16. The number of para-hydroxylation sites is 1. The maximum atomic E-state index is 13.2. The van der Waals surface area contributed by atoms with Gasteiger partial charge in [0.1, 0.15) is 18.1 Å². The number of carbonyl (C=O) groups is 2. The lowest BCUT2D eigenvalue weighted by molar-refractivity contribution is -0.124. The van der Waals surface area contributed by atoms with E-state index in [1.165, 1.54) is 0 Å². The Labute approximate surface area is 200 Å². The average molecular weight is 465 g/mol. The SMILES string of the molecule is COCCOc1ccc(C(=O)N2CC[C@H]3NC(=O)COc4ccccc4C/C=C/C[C@H]3C2)cc1. The van der Waals surface area contributed by atoms with Gasteiger partial charge in [0.15, 0.2) is 6.61 Å². The Kier molecular flexibility index (Phi) is 8.20. The van der Waals surface area contributed by atoms with Crippen molar-refractivity contribution in [3.63, 3.8) is 0 Å². The Morgan fingerprint density at radius 2 is 1.94 bits per heavy atom. The van der Waals surface area contributed by atoms with Crippen molar-refractivity contribution in [3.05, 3.63) is 71.8 Å². The number of benzene rings is 2. The Bertz CT molecular complexity index is 1000. The van der Waals surface area contributed by atoms with Gasteiger partial charge in [-0.15, -0.1) is 0 Å². The van der Waals surface area contributed by atoms with Gasteiger partial charge in [-0.25, -0.2) is 0 Å². The van der Waals surface area contributed by atoms with E-state index in [1.54, 1.807) is 19.2 Å². The van der Waals surface area contributed by atoms with Gasteiger partial charge in [-0.3, -0.25) is 9.59 Å². The Balaban J connectivity index is 1.41. The molecule has 0 unspecified atom stereocenters. The highest BCUT2D eigenvalue weighted by Gasteiger charge is 2.32. The Morgan fingerprint density at radius 3 is 2.76 bits per heavy atom. The van der Waals surface area contributed by atoms with Gasteiger partial charge in [-0.1, -0.05) is 30.4 Å². The number of likely N-dealkylation sites (tertiary alicyclic amines) is 1. The van der Waals surface area contributed by atoms with Crippen molar-refractivity contribution >= 4 is 11.8 Å². The molecule has 0 spiro atoms. The number of nitrogens with zero attached hydrogens (tertiary/aromatic N) is 1. The van der Waals surface area contributed by atoms with Gasteiger partial charge >= 0.3 is 0 Å². The van der Waals surface area contributed by atoms with Crippen molar-refractivity contribution in [2.24, 2.45) is 5.92 Å². The number of ether oxygens (including phenoxy) is 3. The van der Waals surface area contributed by atoms with Crippen LogP contribution in [0.1, 0.15) is 28.8 Å². The summed E-state index contributed by atoms with van der Waals surface area (Å²) in [6, 6.07) is 15.0. The van der Waals surface area contributed by atoms with Gasteiger partial charge in [-0.05, 0) is 55.2 Å². The first kappa shape index (κ1) is 23.8. The molecule has 0 saturated carbocycles.